The summed E-state index contributed by atoms with van der Waals surface area (Å²) in [6.45, 7) is 0.155. The van der Waals surface area contributed by atoms with Crippen LogP contribution < -0.4 is 0 Å². The molecule has 2 unspecified atom stereocenters. The first-order chi connectivity index (χ1) is 7.56. The van der Waals surface area contributed by atoms with Crippen LogP contribution in [0.5, 0.6) is 0 Å². The molecule has 0 aliphatic carbocycles. The van der Waals surface area contributed by atoms with Crippen molar-refractivity contribution in [1.29, 1.82) is 0 Å². The van der Waals surface area contributed by atoms with Gasteiger partial charge in [-0.1, -0.05) is 0 Å². The lowest BCUT2D eigenvalue weighted by molar-refractivity contribution is -0.200. The summed E-state index contributed by atoms with van der Waals surface area (Å²) in [5.74, 6) is -0.110. The van der Waals surface area contributed by atoms with Crippen molar-refractivity contribution in [3.05, 3.63) is 0 Å². The molecule has 2 heterocycles. The van der Waals surface area contributed by atoms with Crippen molar-refractivity contribution in [2.75, 3.05) is 19.7 Å². The Morgan fingerprint density at radius 2 is 2.19 bits per heavy atom. The van der Waals surface area contributed by atoms with E-state index in [2.05, 4.69) is 4.74 Å². The van der Waals surface area contributed by atoms with Crippen molar-refractivity contribution in [2.45, 2.75) is 32.2 Å². The lowest BCUT2D eigenvalue weighted by Crippen LogP contribution is -2.56. The molecule has 0 aromatic rings. The number of rotatable bonds is 3. The lowest BCUT2D eigenvalue weighted by Gasteiger charge is -2.39. The summed E-state index contributed by atoms with van der Waals surface area (Å²) in [4.78, 5) is 13.4. The molecule has 0 N–H and O–H groups in total. The van der Waals surface area contributed by atoms with Gasteiger partial charge in [-0.05, 0) is 13.3 Å². The minimum atomic E-state index is -2.75. The fourth-order valence-corrected chi connectivity index (χ4v) is 2.10. The van der Waals surface area contributed by atoms with Crippen molar-refractivity contribution in [1.82, 2.24) is 4.90 Å². The number of ether oxygens (including phenoxy) is 2. The second kappa shape index (κ2) is 4.63. The van der Waals surface area contributed by atoms with Crippen LogP contribution in [0.1, 0.15) is 13.3 Å². The van der Waals surface area contributed by atoms with Crippen LogP contribution in [-0.2, 0) is 14.3 Å². The van der Waals surface area contributed by atoms with Gasteiger partial charge in [0, 0.05) is 13.1 Å². The topological polar surface area (TPSA) is 38.8 Å². The Morgan fingerprint density at radius 1 is 1.50 bits per heavy atom. The summed E-state index contributed by atoms with van der Waals surface area (Å²) >= 11 is 0. The van der Waals surface area contributed by atoms with Crippen LogP contribution in [0.15, 0.2) is 0 Å². The third-order valence-corrected chi connectivity index (χ3v) is 3.00. The molecule has 0 saturated carbocycles. The van der Waals surface area contributed by atoms with Gasteiger partial charge in [-0.25, -0.2) is 0 Å². The van der Waals surface area contributed by atoms with Gasteiger partial charge < -0.3 is 14.4 Å². The van der Waals surface area contributed by atoms with Crippen LogP contribution in [0.25, 0.3) is 0 Å². The van der Waals surface area contributed by atoms with E-state index < -0.39 is 12.7 Å². The second-order valence-electron chi connectivity index (χ2n) is 4.34. The molecule has 0 spiro atoms. The van der Waals surface area contributed by atoms with Crippen LogP contribution in [-0.4, -0.2) is 49.3 Å². The molecule has 2 saturated heterocycles. The molecule has 2 rings (SSSR count). The molecular weight excluding hydrogens is 220 g/mol. The first-order valence-corrected chi connectivity index (χ1v) is 5.40. The largest absolute Gasteiger partial charge is 0.378 e. The molecule has 4 nitrogen and oxygen atoms in total. The molecule has 0 aromatic heterocycles. The molecule has 6 heteroatoms. The number of carbonyl (C=O) groups excluding carboxylic acids is 1. The Morgan fingerprint density at radius 3 is 2.69 bits per heavy atom. The first-order valence-electron chi connectivity index (χ1n) is 5.40. The van der Waals surface area contributed by atoms with Gasteiger partial charge in [-0.3, -0.25) is 4.79 Å². The molecule has 2 aliphatic heterocycles. The number of likely N-dealkylation sites (tertiary alicyclic amines) is 1. The Balaban J connectivity index is 1.73. The molecule has 2 atom stereocenters. The number of nitrogens with zero attached hydrogens (tertiary/aromatic N) is 1. The molecule has 0 aromatic carbocycles. The zero-order chi connectivity index (χ0) is 11.7. The molecule has 1 amide bonds. The number of hydrogen-bond acceptors (Lipinski definition) is 3. The van der Waals surface area contributed by atoms with E-state index in [9.17, 15) is 13.6 Å². The molecule has 92 valence electrons. The van der Waals surface area contributed by atoms with E-state index in [0.29, 0.717) is 6.61 Å². The third kappa shape index (κ3) is 2.49. The highest BCUT2D eigenvalue weighted by Crippen LogP contribution is 2.24. The maximum atomic E-state index is 11.8. The zero-order valence-corrected chi connectivity index (χ0v) is 9.07. The number of hydrogen-bond donors (Lipinski definition) is 0. The maximum Gasteiger partial charge on any atom is 0.345 e. The third-order valence-electron chi connectivity index (χ3n) is 3.00. The van der Waals surface area contributed by atoms with Crippen molar-refractivity contribution in [3.8, 4) is 0 Å². The van der Waals surface area contributed by atoms with Crippen LogP contribution in [0.4, 0.5) is 8.78 Å². The van der Waals surface area contributed by atoms with Crippen molar-refractivity contribution < 1.29 is 23.0 Å². The van der Waals surface area contributed by atoms with E-state index in [1.165, 1.54) is 0 Å². The second-order valence-corrected chi connectivity index (χ2v) is 4.34. The Kier molecular flexibility index (Phi) is 3.39. The maximum absolute atomic E-state index is 11.8. The average molecular weight is 235 g/mol. The van der Waals surface area contributed by atoms with E-state index in [1.807, 2.05) is 6.92 Å². The number of carbonyl (C=O) groups is 1. The monoisotopic (exact) mass is 235 g/mol. The van der Waals surface area contributed by atoms with Crippen molar-refractivity contribution in [3.63, 3.8) is 0 Å². The van der Waals surface area contributed by atoms with Crippen molar-refractivity contribution >= 4 is 5.91 Å². The molecule has 0 radical (unpaired) electrons. The Hall–Kier alpha value is -0.750. The minimum Gasteiger partial charge on any atom is -0.378 e. The molecule has 0 bridgehead atoms. The molecule has 2 fully saturated rings. The predicted molar refractivity (Wildman–Crippen MR) is 51.0 cm³/mol. The van der Waals surface area contributed by atoms with E-state index in [4.69, 9.17) is 4.74 Å². The van der Waals surface area contributed by atoms with E-state index in [0.717, 1.165) is 6.42 Å². The summed E-state index contributed by atoms with van der Waals surface area (Å²) in [7, 11) is 0. The van der Waals surface area contributed by atoms with Gasteiger partial charge in [-0.2, -0.15) is 8.78 Å². The van der Waals surface area contributed by atoms with E-state index in [-0.39, 0.29) is 31.0 Å². The van der Waals surface area contributed by atoms with Crippen molar-refractivity contribution in [2.24, 2.45) is 5.92 Å². The van der Waals surface area contributed by atoms with Gasteiger partial charge in [0.15, 0.2) is 0 Å². The van der Waals surface area contributed by atoms with Gasteiger partial charge >= 0.3 is 6.61 Å². The molecule has 2 aliphatic rings. The van der Waals surface area contributed by atoms with Gasteiger partial charge in [-0.15, -0.1) is 0 Å². The standard InChI is InChI=1S/C10H15F2NO3/c1-6-2-7(5-15-6)9(14)13-3-8(4-13)16-10(11)12/h6-8,10H,2-5H2,1H3. The SMILES string of the molecule is CC1CC(C(=O)N2CC(OC(F)F)C2)CO1. The van der Waals surface area contributed by atoms with Crippen LogP contribution in [0, 0.1) is 5.92 Å². The van der Waals surface area contributed by atoms with E-state index >= 15 is 0 Å². The molecular formula is C10H15F2NO3. The summed E-state index contributed by atoms with van der Waals surface area (Å²) in [5, 5.41) is 0. The smallest absolute Gasteiger partial charge is 0.345 e. The number of halogens is 2. The van der Waals surface area contributed by atoms with Gasteiger partial charge in [0.25, 0.3) is 0 Å². The van der Waals surface area contributed by atoms with Gasteiger partial charge in [0.2, 0.25) is 5.91 Å². The molecule has 16 heavy (non-hydrogen) atoms. The Labute approximate surface area is 92.5 Å². The highest BCUT2D eigenvalue weighted by atomic mass is 19.3. The quantitative estimate of drug-likeness (QED) is 0.728. The van der Waals surface area contributed by atoms with Gasteiger partial charge in [0.05, 0.1) is 24.7 Å². The lowest BCUT2D eigenvalue weighted by atomic mass is 10.0. The highest BCUT2D eigenvalue weighted by molar-refractivity contribution is 5.80. The van der Waals surface area contributed by atoms with Gasteiger partial charge in [0.1, 0.15) is 0 Å². The summed E-state index contributed by atoms with van der Waals surface area (Å²) in [5.41, 5.74) is 0. The summed E-state index contributed by atoms with van der Waals surface area (Å²) in [6.07, 6.45) is 0.322. The van der Waals surface area contributed by atoms with Crippen LogP contribution in [0.2, 0.25) is 0 Å². The fraction of sp³-hybridized carbons (Fsp3) is 0.900. The fourth-order valence-electron chi connectivity index (χ4n) is 2.10. The average Bonchev–Trinajstić information content (AvgIpc) is 2.56. The summed E-state index contributed by atoms with van der Waals surface area (Å²) < 4.78 is 33.3. The normalized spacial score (nSPS) is 30.9. The summed E-state index contributed by atoms with van der Waals surface area (Å²) in [6, 6.07) is 0. The Bertz CT molecular complexity index is 269. The minimum absolute atomic E-state index is 0.00142. The van der Waals surface area contributed by atoms with Crippen LogP contribution >= 0.6 is 0 Å². The van der Waals surface area contributed by atoms with E-state index in [1.54, 1.807) is 4.90 Å². The number of alkyl halides is 2. The first kappa shape index (κ1) is 11.7. The predicted octanol–water partition coefficient (Wildman–Crippen LogP) is 0.861. The van der Waals surface area contributed by atoms with Crippen LogP contribution in [0.3, 0.4) is 0 Å². The zero-order valence-electron chi connectivity index (χ0n) is 9.07. The number of amides is 1. The highest BCUT2D eigenvalue weighted by Gasteiger charge is 2.38.